The van der Waals surface area contributed by atoms with Crippen LogP contribution in [-0.2, 0) is 21.8 Å². The van der Waals surface area contributed by atoms with Crippen LogP contribution in [0.5, 0.6) is 0 Å². The Kier molecular flexibility index (Phi) is 4.41. The normalized spacial score (nSPS) is 24.7. The number of morpholine rings is 1. The zero-order valence-electron chi connectivity index (χ0n) is 15.4. The summed E-state index contributed by atoms with van der Waals surface area (Å²) in [6.45, 7) is 4.64. The van der Waals surface area contributed by atoms with Crippen molar-refractivity contribution in [3.05, 3.63) is 47.3 Å². The van der Waals surface area contributed by atoms with Crippen LogP contribution in [-0.4, -0.2) is 41.7 Å². The molecule has 1 aromatic carbocycles. The standard InChI is InChI=1S/C19H25N3O3S/c1-13-6-4-5-7-16(13)17-10-22(14(2)12-25-17)26(23,24)18-11-21(3)20-19(18)15-8-9-15/h4-7,11,14-15,17H,8-10,12H2,1-3H3. The molecule has 1 aromatic heterocycles. The minimum Gasteiger partial charge on any atom is -0.370 e. The van der Waals surface area contributed by atoms with E-state index in [1.165, 1.54) is 0 Å². The predicted octanol–water partition coefficient (Wildman–Crippen LogP) is 2.76. The Hall–Kier alpha value is -1.70. The summed E-state index contributed by atoms with van der Waals surface area (Å²) in [5, 5.41) is 4.43. The van der Waals surface area contributed by atoms with E-state index in [4.69, 9.17) is 4.74 Å². The lowest BCUT2D eigenvalue weighted by atomic mass is 10.0. The molecule has 0 N–H and O–H groups in total. The molecule has 0 radical (unpaired) electrons. The highest BCUT2D eigenvalue weighted by molar-refractivity contribution is 7.89. The predicted molar refractivity (Wildman–Crippen MR) is 98.4 cm³/mol. The summed E-state index contributed by atoms with van der Waals surface area (Å²) in [7, 11) is -1.83. The Balaban J connectivity index is 1.68. The first-order chi connectivity index (χ1) is 12.4. The van der Waals surface area contributed by atoms with Gasteiger partial charge in [-0.25, -0.2) is 8.42 Å². The molecule has 2 aromatic rings. The van der Waals surface area contributed by atoms with Gasteiger partial charge in [-0.2, -0.15) is 9.40 Å². The molecular formula is C19H25N3O3S. The van der Waals surface area contributed by atoms with Gasteiger partial charge in [-0.1, -0.05) is 24.3 Å². The number of ether oxygens (including phenoxy) is 1. The monoisotopic (exact) mass is 375 g/mol. The molecule has 1 aliphatic heterocycles. The topological polar surface area (TPSA) is 64.4 Å². The lowest BCUT2D eigenvalue weighted by Gasteiger charge is -2.37. The fraction of sp³-hybridized carbons (Fsp3) is 0.526. The zero-order valence-corrected chi connectivity index (χ0v) is 16.2. The van der Waals surface area contributed by atoms with Gasteiger partial charge in [-0.15, -0.1) is 0 Å². The van der Waals surface area contributed by atoms with Crippen molar-refractivity contribution in [2.24, 2.45) is 7.05 Å². The molecule has 7 heteroatoms. The van der Waals surface area contributed by atoms with Crippen molar-refractivity contribution in [1.82, 2.24) is 14.1 Å². The van der Waals surface area contributed by atoms with Gasteiger partial charge in [0.25, 0.3) is 0 Å². The minimum absolute atomic E-state index is 0.201. The lowest BCUT2D eigenvalue weighted by Crippen LogP contribution is -2.48. The van der Waals surface area contributed by atoms with Crippen LogP contribution in [0.3, 0.4) is 0 Å². The van der Waals surface area contributed by atoms with Crippen LogP contribution in [0.4, 0.5) is 0 Å². The molecule has 4 rings (SSSR count). The summed E-state index contributed by atoms with van der Waals surface area (Å²) in [6, 6.07) is 7.79. The van der Waals surface area contributed by atoms with Gasteiger partial charge in [0, 0.05) is 31.7 Å². The molecule has 1 saturated heterocycles. The van der Waals surface area contributed by atoms with E-state index in [2.05, 4.69) is 5.10 Å². The van der Waals surface area contributed by atoms with Gasteiger partial charge in [0.1, 0.15) is 4.90 Å². The van der Waals surface area contributed by atoms with Gasteiger partial charge in [0.2, 0.25) is 10.0 Å². The molecule has 2 fully saturated rings. The van der Waals surface area contributed by atoms with E-state index in [0.29, 0.717) is 18.0 Å². The third-order valence-corrected chi connectivity index (χ3v) is 7.28. The summed E-state index contributed by atoms with van der Waals surface area (Å²) >= 11 is 0. The molecule has 0 amide bonds. The lowest BCUT2D eigenvalue weighted by molar-refractivity contribution is -0.0291. The van der Waals surface area contributed by atoms with Crippen molar-refractivity contribution in [2.75, 3.05) is 13.2 Å². The van der Waals surface area contributed by atoms with Crippen molar-refractivity contribution in [1.29, 1.82) is 0 Å². The molecule has 1 aliphatic carbocycles. The quantitative estimate of drug-likeness (QED) is 0.824. The molecule has 140 valence electrons. The molecule has 0 bridgehead atoms. The number of aryl methyl sites for hydroxylation is 2. The average molecular weight is 375 g/mol. The van der Waals surface area contributed by atoms with Crippen LogP contribution in [0.2, 0.25) is 0 Å². The Bertz CT molecular complexity index is 918. The number of benzene rings is 1. The van der Waals surface area contributed by atoms with Crippen LogP contribution in [0.15, 0.2) is 35.4 Å². The van der Waals surface area contributed by atoms with Crippen molar-refractivity contribution in [2.45, 2.75) is 49.6 Å². The number of hydrogen-bond donors (Lipinski definition) is 0. The van der Waals surface area contributed by atoms with Crippen LogP contribution in [0.1, 0.15) is 48.6 Å². The maximum absolute atomic E-state index is 13.4. The number of hydrogen-bond acceptors (Lipinski definition) is 4. The molecule has 6 nitrogen and oxygen atoms in total. The molecule has 1 saturated carbocycles. The largest absolute Gasteiger partial charge is 0.370 e. The van der Waals surface area contributed by atoms with Crippen molar-refractivity contribution in [3.8, 4) is 0 Å². The molecule has 0 spiro atoms. The SMILES string of the molecule is Cc1ccccc1C1CN(S(=O)(=O)c2cn(C)nc2C2CC2)C(C)CO1. The Labute approximate surface area is 154 Å². The van der Waals surface area contributed by atoms with E-state index in [1.54, 1.807) is 22.2 Å². The van der Waals surface area contributed by atoms with Gasteiger partial charge in [0.05, 0.1) is 18.4 Å². The van der Waals surface area contributed by atoms with Crippen molar-refractivity contribution < 1.29 is 13.2 Å². The van der Waals surface area contributed by atoms with Crippen LogP contribution >= 0.6 is 0 Å². The van der Waals surface area contributed by atoms with Gasteiger partial charge < -0.3 is 4.74 Å². The van der Waals surface area contributed by atoms with Crippen LogP contribution in [0, 0.1) is 6.92 Å². The summed E-state index contributed by atoms with van der Waals surface area (Å²) in [4.78, 5) is 0.361. The smallest absolute Gasteiger partial charge is 0.246 e. The average Bonchev–Trinajstić information content (AvgIpc) is 3.37. The fourth-order valence-corrected chi connectivity index (χ4v) is 5.53. The Morgan fingerprint density at radius 2 is 1.96 bits per heavy atom. The third kappa shape index (κ3) is 3.08. The number of aromatic nitrogens is 2. The Morgan fingerprint density at radius 3 is 2.65 bits per heavy atom. The summed E-state index contributed by atoms with van der Waals surface area (Å²) in [6.07, 6.45) is 3.44. The van der Waals surface area contributed by atoms with Crippen molar-refractivity contribution in [3.63, 3.8) is 0 Å². The first-order valence-electron chi connectivity index (χ1n) is 9.10. The van der Waals surface area contributed by atoms with E-state index in [-0.39, 0.29) is 18.1 Å². The highest BCUT2D eigenvalue weighted by atomic mass is 32.2. The van der Waals surface area contributed by atoms with Crippen LogP contribution in [0.25, 0.3) is 0 Å². The highest BCUT2D eigenvalue weighted by Crippen LogP contribution is 2.43. The molecule has 2 aliphatic rings. The minimum atomic E-state index is -3.61. The van der Waals surface area contributed by atoms with Gasteiger partial charge in [-0.05, 0) is 37.8 Å². The number of nitrogens with zero attached hydrogens (tertiary/aromatic N) is 3. The fourth-order valence-electron chi connectivity index (χ4n) is 3.65. The molecule has 2 unspecified atom stereocenters. The second kappa shape index (κ2) is 6.48. The maximum Gasteiger partial charge on any atom is 0.246 e. The van der Waals surface area contributed by atoms with Crippen molar-refractivity contribution >= 4 is 10.0 Å². The van der Waals surface area contributed by atoms with E-state index < -0.39 is 10.0 Å². The number of rotatable bonds is 4. The maximum atomic E-state index is 13.4. The Morgan fingerprint density at radius 1 is 1.23 bits per heavy atom. The van der Waals surface area contributed by atoms with Gasteiger partial charge in [0.15, 0.2) is 0 Å². The summed E-state index contributed by atoms with van der Waals surface area (Å²) < 4.78 is 36.1. The highest BCUT2D eigenvalue weighted by Gasteiger charge is 2.41. The van der Waals surface area contributed by atoms with E-state index >= 15 is 0 Å². The first-order valence-corrected chi connectivity index (χ1v) is 10.5. The van der Waals surface area contributed by atoms with E-state index in [9.17, 15) is 8.42 Å². The zero-order chi connectivity index (χ0) is 18.5. The summed E-state index contributed by atoms with van der Waals surface area (Å²) in [5.74, 6) is 0.282. The summed E-state index contributed by atoms with van der Waals surface area (Å²) in [5.41, 5.74) is 2.89. The van der Waals surface area contributed by atoms with E-state index in [1.807, 2.05) is 38.1 Å². The van der Waals surface area contributed by atoms with E-state index in [0.717, 1.165) is 29.7 Å². The number of sulfonamides is 1. The second-order valence-corrected chi connectivity index (χ2v) is 9.29. The van der Waals surface area contributed by atoms with Gasteiger partial charge >= 0.3 is 0 Å². The van der Waals surface area contributed by atoms with Gasteiger partial charge in [-0.3, -0.25) is 4.68 Å². The first kappa shape index (κ1) is 17.7. The second-order valence-electron chi connectivity index (χ2n) is 7.43. The molecule has 26 heavy (non-hydrogen) atoms. The molecular weight excluding hydrogens is 350 g/mol. The molecule has 2 heterocycles. The molecule has 2 atom stereocenters. The van der Waals surface area contributed by atoms with Crippen LogP contribution < -0.4 is 0 Å². The third-order valence-electron chi connectivity index (χ3n) is 5.28.